The molecule has 37 heavy (non-hydrogen) atoms. The first-order valence-corrected chi connectivity index (χ1v) is 15.6. The normalized spacial score (nSPS) is 26.8. The van der Waals surface area contributed by atoms with Gasteiger partial charge in [-0.2, -0.15) is 0 Å². The Hall–Kier alpha value is -1.85. The average molecular weight is 541 g/mol. The Morgan fingerprint density at radius 3 is 2.70 bits per heavy atom. The summed E-state index contributed by atoms with van der Waals surface area (Å²) in [6, 6.07) is 12.3. The van der Waals surface area contributed by atoms with E-state index < -0.39 is 0 Å². The first-order valence-electron chi connectivity index (χ1n) is 14.2. The molecular formula is C31H41ClN2O2S. The second kappa shape index (κ2) is 12.3. The Bertz CT molecular complexity index is 1090. The predicted molar refractivity (Wildman–Crippen MR) is 156 cm³/mol. The Morgan fingerprint density at radius 2 is 1.89 bits per heavy atom. The van der Waals surface area contributed by atoms with Gasteiger partial charge in [0.2, 0.25) is 0 Å². The number of nitrogens with zero attached hydrogens (tertiary/aromatic N) is 1. The van der Waals surface area contributed by atoms with Crippen molar-refractivity contribution in [1.29, 1.82) is 0 Å². The van der Waals surface area contributed by atoms with Crippen molar-refractivity contribution in [2.45, 2.75) is 71.1 Å². The van der Waals surface area contributed by atoms with Gasteiger partial charge in [-0.05, 0) is 96.8 Å². The van der Waals surface area contributed by atoms with E-state index in [0.29, 0.717) is 24.0 Å². The number of anilines is 1. The smallest absolute Gasteiger partial charge is 0.261 e. The summed E-state index contributed by atoms with van der Waals surface area (Å²) in [7, 11) is 0. The minimum absolute atomic E-state index is 0.0164. The second-order valence-corrected chi connectivity index (χ2v) is 12.7. The number of fused-ring (bicyclic) bond motifs is 2. The maximum Gasteiger partial charge on any atom is 0.261 e. The molecular weight excluding hydrogens is 500 g/mol. The summed E-state index contributed by atoms with van der Waals surface area (Å²) >= 11 is 7.94. The van der Waals surface area contributed by atoms with Crippen molar-refractivity contribution in [3.8, 4) is 5.75 Å². The topological polar surface area (TPSA) is 41.6 Å². The van der Waals surface area contributed by atoms with Gasteiger partial charge in [-0.25, -0.2) is 0 Å². The van der Waals surface area contributed by atoms with Gasteiger partial charge in [0.1, 0.15) is 5.75 Å². The van der Waals surface area contributed by atoms with E-state index in [1.807, 2.05) is 18.2 Å². The Morgan fingerprint density at radius 1 is 1.05 bits per heavy atom. The fourth-order valence-corrected chi connectivity index (χ4v) is 7.27. The fraction of sp³-hybridized carbons (Fsp3) is 0.581. The summed E-state index contributed by atoms with van der Waals surface area (Å²) in [6.07, 6.45) is 9.96. The van der Waals surface area contributed by atoms with E-state index in [-0.39, 0.29) is 11.8 Å². The molecule has 5 rings (SSSR count). The highest BCUT2D eigenvalue weighted by molar-refractivity contribution is 7.97. The molecule has 6 heteroatoms. The summed E-state index contributed by atoms with van der Waals surface area (Å²) in [5.74, 6) is 4.24. The van der Waals surface area contributed by atoms with Crippen molar-refractivity contribution in [3.63, 3.8) is 0 Å². The third-order valence-corrected chi connectivity index (χ3v) is 9.89. The summed E-state index contributed by atoms with van der Waals surface area (Å²) < 4.78 is 9.55. The van der Waals surface area contributed by atoms with Gasteiger partial charge in [-0.3, -0.25) is 9.52 Å². The van der Waals surface area contributed by atoms with E-state index in [4.69, 9.17) is 16.3 Å². The molecule has 1 saturated carbocycles. The highest BCUT2D eigenvalue weighted by Crippen LogP contribution is 2.43. The molecule has 2 aromatic carbocycles. The number of hydrogen-bond donors (Lipinski definition) is 1. The van der Waals surface area contributed by atoms with Crippen molar-refractivity contribution in [2.24, 2.45) is 17.8 Å². The maximum absolute atomic E-state index is 13.0. The van der Waals surface area contributed by atoms with Crippen LogP contribution in [0.2, 0.25) is 5.02 Å². The lowest BCUT2D eigenvalue weighted by Crippen LogP contribution is -2.40. The molecule has 0 spiro atoms. The fourth-order valence-electron chi connectivity index (χ4n) is 6.29. The van der Waals surface area contributed by atoms with Crippen LogP contribution in [0.1, 0.15) is 86.2 Å². The van der Waals surface area contributed by atoms with Crippen molar-refractivity contribution < 1.29 is 9.53 Å². The minimum Gasteiger partial charge on any atom is -0.491 e. The molecule has 2 bridgehead atoms. The number of rotatable bonds is 3. The SMILES string of the molecule is CCCc1cc(Cl)ccc1C1COc2ccc3cc2N(C1)CC1CCC1CCCC[C@@H](C)CSNC3=O. The lowest BCUT2D eigenvalue weighted by molar-refractivity contribution is 0.0984. The molecule has 0 radical (unpaired) electrons. The van der Waals surface area contributed by atoms with Gasteiger partial charge in [0.05, 0.1) is 12.3 Å². The van der Waals surface area contributed by atoms with Crippen LogP contribution in [0.3, 0.4) is 0 Å². The monoisotopic (exact) mass is 540 g/mol. The van der Waals surface area contributed by atoms with Crippen molar-refractivity contribution in [1.82, 2.24) is 4.72 Å². The number of hydrogen-bond acceptors (Lipinski definition) is 4. The van der Waals surface area contributed by atoms with Crippen LogP contribution in [0.15, 0.2) is 36.4 Å². The quantitative estimate of drug-likeness (QED) is 0.402. The second-order valence-electron chi connectivity index (χ2n) is 11.4. The number of halogens is 1. The Kier molecular flexibility index (Phi) is 8.92. The summed E-state index contributed by atoms with van der Waals surface area (Å²) in [5, 5.41) is 0.801. The number of aryl methyl sites for hydroxylation is 1. The molecule has 2 heterocycles. The molecule has 2 aromatic rings. The molecule has 200 valence electrons. The Balaban J connectivity index is 1.46. The molecule has 1 N–H and O–H groups in total. The standard InChI is InChI=1S/C31H41ClN2O2S/c1-3-6-23-15-27(32)12-13-28(23)26-18-34-17-25-10-9-22(25)8-5-4-7-21(2)20-37-33-31(35)24-11-14-30(36-19-26)29(34)16-24/h11-16,21-22,25-26H,3-10,17-20H2,1-2H3,(H,33,35)/t21-,22?,25?,26?/m1/s1. The summed E-state index contributed by atoms with van der Waals surface area (Å²) in [4.78, 5) is 15.6. The van der Waals surface area contributed by atoms with E-state index in [0.717, 1.165) is 54.1 Å². The minimum atomic E-state index is -0.0164. The van der Waals surface area contributed by atoms with E-state index in [2.05, 4.69) is 41.7 Å². The van der Waals surface area contributed by atoms with Crippen LogP contribution >= 0.6 is 23.5 Å². The van der Waals surface area contributed by atoms with Gasteiger partial charge >= 0.3 is 0 Å². The third kappa shape index (κ3) is 6.42. The molecule has 1 aliphatic carbocycles. The van der Waals surface area contributed by atoms with E-state index in [1.165, 1.54) is 49.7 Å². The highest BCUT2D eigenvalue weighted by atomic mass is 35.5. The van der Waals surface area contributed by atoms with Gasteiger partial charge < -0.3 is 9.64 Å². The number of nitrogens with one attached hydrogen (secondary N) is 1. The van der Waals surface area contributed by atoms with Crippen molar-refractivity contribution in [3.05, 3.63) is 58.1 Å². The molecule has 3 aliphatic rings. The first-order chi connectivity index (χ1) is 18.0. The van der Waals surface area contributed by atoms with Crippen LogP contribution in [0, 0.1) is 17.8 Å². The molecule has 4 nitrogen and oxygen atoms in total. The largest absolute Gasteiger partial charge is 0.491 e. The number of benzene rings is 2. The van der Waals surface area contributed by atoms with Crippen molar-refractivity contribution in [2.75, 3.05) is 30.3 Å². The highest BCUT2D eigenvalue weighted by Gasteiger charge is 2.35. The van der Waals surface area contributed by atoms with E-state index in [1.54, 1.807) is 11.9 Å². The lowest BCUT2D eigenvalue weighted by atomic mass is 9.70. The number of ether oxygens (including phenoxy) is 1. The third-order valence-electron chi connectivity index (χ3n) is 8.59. The van der Waals surface area contributed by atoms with Crippen LogP contribution in [-0.2, 0) is 6.42 Å². The van der Waals surface area contributed by atoms with Crippen LogP contribution in [0.4, 0.5) is 5.69 Å². The van der Waals surface area contributed by atoms with Gasteiger partial charge in [-0.15, -0.1) is 0 Å². The van der Waals surface area contributed by atoms with Crippen LogP contribution in [0.25, 0.3) is 0 Å². The van der Waals surface area contributed by atoms with Crippen LogP contribution < -0.4 is 14.4 Å². The molecule has 0 saturated heterocycles. The van der Waals surface area contributed by atoms with Crippen LogP contribution in [-0.4, -0.2) is 31.4 Å². The molecule has 2 aliphatic heterocycles. The first kappa shape index (κ1) is 26.7. The predicted octanol–water partition coefficient (Wildman–Crippen LogP) is 7.89. The number of carbonyl (C=O) groups excluding carboxylic acids is 1. The van der Waals surface area contributed by atoms with Gasteiger partial charge in [0.15, 0.2) is 0 Å². The zero-order valence-electron chi connectivity index (χ0n) is 22.3. The van der Waals surface area contributed by atoms with Crippen molar-refractivity contribution >= 4 is 35.1 Å². The zero-order chi connectivity index (χ0) is 25.8. The Labute approximate surface area is 232 Å². The van der Waals surface area contributed by atoms with E-state index >= 15 is 0 Å². The summed E-state index contributed by atoms with van der Waals surface area (Å²) in [6.45, 7) is 7.08. The molecule has 1 fully saturated rings. The van der Waals surface area contributed by atoms with Crippen LogP contribution in [0.5, 0.6) is 5.75 Å². The molecule has 0 aromatic heterocycles. The molecule has 1 amide bonds. The summed E-state index contributed by atoms with van der Waals surface area (Å²) in [5.41, 5.74) is 4.45. The lowest BCUT2D eigenvalue weighted by Gasteiger charge is -2.41. The number of carbonyl (C=O) groups is 1. The average Bonchev–Trinajstić information content (AvgIpc) is 3.05. The zero-order valence-corrected chi connectivity index (χ0v) is 23.9. The molecule has 4 atom stereocenters. The van der Waals surface area contributed by atoms with Gasteiger partial charge in [-0.1, -0.05) is 57.2 Å². The maximum atomic E-state index is 13.0. The molecule has 3 unspecified atom stereocenters. The number of amides is 1. The van der Waals surface area contributed by atoms with E-state index in [9.17, 15) is 4.79 Å². The van der Waals surface area contributed by atoms with Gasteiger partial charge in [0.25, 0.3) is 5.91 Å². The van der Waals surface area contributed by atoms with Gasteiger partial charge in [0, 0.05) is 35.3 Å².